The minimum atomic E-state index is -2.43. The summed E-state index contributed by atoms with van der Waals surface area (Å²) in [5, 5.41) is 0. The summed E-state index contributed by atoms with van der Waals surface area (Å²) in [6.07, 6.45) is 0. The highest BCUT2D eigenvalue weighted by atomic mass is 28.5. The molecule has 0 aromatic heterocycles. The highest BCUT2D eigenvalue weighted by molar-refractivity contribution is 6.91. The zero-order chi connectivity index (χ0) is 21.9. The SMILES string of the molecule is C[Si]O[Si](C)(C)O[Si](C)(C)O[Si](C)(C)O[Si](C)(C)O[Si](C)(C)O[Si](C)(C)C. The topological polar surface area (TPSA) is 55.4 Å². The number of hydrogen-bond donors (Lipinski definition) is 0. The van der Waals surface area contributed by atoms with Gasteiger partial charge in [-0.15, -0.1) is 0 Å². The van der Waals surface area contributed by atoms with Crippen LogP contribution in [0, 0.1) is 0 Å². The van der Waals surface area contributed by atoms with Gasteiger partial charge in [-0.25, -0.2) is 0 Å². The van der Waals surface area contributed by atoms with Crippen LogP contribution >= 0.6 is 0 Å². The molecule has 6 nitrogen and oxygen atoms in total. The summed E-state index contributed by atoms with van der Waals surface area (Å²) >= 11 is 0. The molecule has 0 aromatic carbocycles. The van der Waals surface area contributed by atoms with Crippen molar-refractivity contribution in [2.24, 2.45) is 0 Å². The van der Waals surface area contributed by atoms with Gasteiger partial charge in [-0.05, 0) is 91.7 Å². The van der Waals surface area contributed by atoms with Crippen molar-refractivity contribution in [2.75, 3.05) is 0 Å². The Balaban J connectivity index is 5.06. The van der Waals surface area contributed by atoms with E-state index in [4.69, 9.17) is 24.7 Å². The van der Waals surface area contributed by atoms with Crippen molar-refractivity contribution in [3.8, 4) is 0 Å². The summed E-state index contributed by atoms with van der Waals surface area (Å²) in [5.74, 6) is 0. The third-order valence-electron chi connectivity index (χ3n) is 2.87. The standard InChI is InChI=1S/C14H42O6Si7/c1-21-15-23(5,6)17-25(9,10)19-27(13,14)20-26(11,12)18-24(7,8)16-22(2,3)4/h1-14H3. The first-order valence-electron chi connectivity index (χ1n) is 9.45. The van der Waals surface area contributed by atoms with Gasteiger partial charge in [0.2, 0.25) is 9.76 Å². The third-order valence-corrected chi connectivity index (χ3v) is 25.8. The van der Waals surface area contributed by atoms with Crippen LogP contribution in [-0.2, 0) is 24.7 Å². The molecule has 0 aliphatic heterocycles. The molecular weight excluding hydrogens is 461 g/mol. The fourth-order valence-corrected chi connectivity index (χ4v) is 33.0. The molecule has 0 bridgehead atoms. The number of rotatable bonds is 12. The van der Waals surface area contributed by atoms with Crippen molar-refractivity contribution in [1.82, 2.24) is 0 Å². The van der Waals surface area contributed by atoms with E-state index in [9.17, 15) is 0 Å². The number of hydrogen-bond acceptors (Lipinski definition) is 6. The lowest BCUT2D eigenvalue weighted by Gasteiger charge is -2.42. The molecule has 0 saturated heterocycles. The molecule has 0 aromatic rings. The summed E-state index contributed by atoms with van der Waals surface area (Å²) in [6, 6.07) is 0. The molecule has 0 amide bonds. The summed E-state index contributed by atoms with van der Waals surface area (Å²) in [5.41, 5.74) is 0. The monoisotopic (exact) mass is 502 g/mol. The summed E-state index contributed by atoms with van der Waals surface area (Å²) < 4.78 is 38.0. The van der Waals surface area contributed by atoms with E-state index in [1.54, 1.807) is 0 Å². The van der Waals surface area contributed by atoms with E-state index in [2.05, 4.69) is 85.1 Å². The molecule has 0 aliphatic rings. The van der Waals surface area contributed by atoms with Crippen LogP contribution in [0.4, 0.5) is 0 Å². The van der Waals surface area contributed by atoms with Crippen LogP contribution in [0.1, 0.15) is 0 Å². The molecule has 0 rings (SSSR count). The molecule has 0 N–H and O–H groups in total. The van der Waals surface area contributed by atoms with Gasteiger partial charge in [-0.3, -0.25) is 0 Å². The predicted octanol–water partition coefficient (Wildman–Crippen LogP) is 5.10. The van der Waals surface area contributed by atoms with Crippen molar-refractivity contribution in [3.63, 3.8) is 0 Å². The Morgan fingerprint density at radius 2 is 0.667 bits per heavy atom. The second kappa shape index (κ2) is 9.61. The Kier molecular flexibility index (Phi) is 10.1. The first-order chi connectivity index (χ1) is 11.6. The Bertz CT molecular complexity index is 477. The van der Waals surface area contributed by atoms with E-state index >= 15 is 0 Å². The summed E-state index contributed by atoms with van der Waals surface area (Å²) in [6.45, 7) is 29.4. The van der Waals surface area contributed by atoms with Gasteiger partial charge in [0.05, 0.1) is 0 Å². The van der Waals surface area contributed by atoms with E-state index in [1.807, 2.05) is 6.55 Å². The van der Waals surface area contributed by atoms with Crippen LogP contribution in [0.5, 0.6) is 0 Å². The second-order valence-corrected chi connectivity index (χ2v) is 33.5. The Morgan fingerprint density at radius 3 is 0.926 bits per heavy atom. The van der Waals surface area contributed by atoms with Crippen molar-refractivity contribution in [3.05, 3.63) is 0 Å². The largest absolute Gasteiger partial charge is 0.437 e. The normalized spacial score (nSPS) is 15.3. The molecule has 0 unspecified atom stereocenters. The Hall–Kier alpha value is 1.28. The van der Waals surface area contributed by atoms with Crippen molar-refractivity contribution in [1.29, 1.82) is 0 Å². The van der Waals surface area contributed by atoms with Gasteiger partial charge in [0.15, 0.2) is 8.32 Å². The predicted molar refractivity (Wildman–Crippen MR) is 129 cm³/mol. The van der Waals surface area contributed by atoms with Gasteiger partial charge in [-0.1, -0.05) is 0 Å². The molecule has 0 aliphatic carbocycles. The van der Waals surface area contributed by atoms with Crippen LogP contribution in [0.2, 0.25) is 91.7 Å². The zero-order valence-corrected chi connectivity index (χ0v) is 26.9. The molecule has 0 heterocycles. The molecular formula is C14H42O6Si7. The van der Waals surface area contributed by atoms with Crippen molar-refractivity contribution in [2.45, 2.75) is 91.7 Å². The van der Waals surface area contributed by atoms with E-state index in [0.29, 0.717) is 9.76 Å². The van der Waals surface area contributed by atoms with Gasteiger partial charge < -0.3 is 24.7 Å². The van der Waals surface area contributed by atoms with E-state index < -0.39 is 51.1 Å². The lowest BCUT2D eigenvalue weighted by Crippen LogP contribution is -2.60. The molecule has 0 atom stereocenters. The van der Waals surface area contributed by atoms with Gasteiger partial charge in [0, 0.05) is 0 Å². The smallest absolute Gasteiger partial charge is 0.314 e. The fraction of sp³-hybridized carbons (Fsp3) is 1.00. The average Bonchev–Trinajstić information content (AvgIpc) is 2.15. The molecule has 2 radical (unpaired) electrons. The second-order valence-electron chi connectivity index (χ2n) is 9.93. The maximum absolute atomic E-state index is 6.52. The van der Waals surface area contributed by atoms with Crippen LogP contribution in [-0.4, -0.2) is 60.9 Å². The maximum Gasteiger partial charge on any atom is 0.314 e. The summed E-state index contributed by atoms with van der Waals surface area (Å²) in [7, 11) is -12.9. The van der Waals surface area contributed by atoms with Crippen LogP contribution in [0.15, 0.2) is 0 Å². The molecule has 0 fully saturated rings. The van der Waals surface area contributed by atoms with Crippen LogP contribution in [0.25, 0.3) is 0 Å². The maximum atomic E-state index is 6.52. The molecule has 0 spiro atoms. The first kappa shape index (κ1) is 28.3. The van der Waals surface area contributed by atoms with Gasteiger partial charge >= 0.3 is 42.8 Å². The van der Waals surface area contributed by atoms with Gasteiger partial charge in [-0.2, -0.15) is 0 Å². The molecule has 162 valence electrons. The van der Waals surface area contributed by atoms with E-state index in [1.165, 1.54) is 0 Å². The fourth-order valence-electron chi connectivity index (χ4n) is 3.46. The van der Waals surface area contributed by atoms with Gasteiger partial charge in [0.1, 0.15) is 0 Å². The van der Waals surface area contributed by atoms with Gasteiger partial charge in [0.25, 0.3) is 0 Å². The molecule has 0 saturated carbocycles. The van der Waals surface area contributed by atoms with E-state index in [0.717, 1.165) is 0 Å². The molecule has 13 heteroatoms. The van der Waals surface area contributed by atoms with Crippen LogP contribution < -0.4 is 0 Å². The van der Waals surface area contributed by atoms with Crippen LogP contribution in [0.3, 0.4) is 0 Å². The Morgan fingerprint density at radius 1 is 0.407 bits per heavy atom. The lowest BCUT2D eigenvalue weighted by molar-refractivity contribution is 0.273. The minimum Gasteiger partial charge on any atom is -0.437 e. The highest BCUT2D eigenvalue weighted by Crippen LogP contribution is 2.27. The summed E-state index contributed by atoms with van der Waals surface area (Å²) in [4.78, 5) is 0. The van der Waals surface area contributed by atoms with Crippen molar-refractivity contribution >= 4 is 60.9 Å². The highest BCUT2D eigenvalue weighted by Gasteiger charge is 2.47. The third kappa shape index (κ3) is 14.0. The minimum absolute atomic E-state index is 0.427. The molecule has 27 heavy (non-hydrogen) atoms. The lowest BCUT2D eigenvalue weighted by atomic mass is 11.8. The average molecular weight is 503 g/mol. The first-order valence-corrected chi connectivity index (χ1v) is 28.3. The van der Waals surface area contributed by atoms with Crippen molar-refractivity contribution < 1.29 is 24.7 Å². The van der Waals surface area contributed by atoms with E-state index in [-0.39, 0.29) is 0 Å². The quantitative estimate of drug-likeness (QED) is 0.346. The Labute approximate surface area is 177 Å². The zero-order valence-electron chi connectivity index (χ0n) is 19.9.